The highest BCUT2D eigenvalue weighted by molar-refractivity contribution is 5.97. The Bertz CT molecular complexity index is 891. The monoisotopic (exact) mass is 349 g/mol. The van der Waals surface area contributed by atoms with Crippen LogP contribution in [0.25, 0.3) is 10.9 Å². The minimum Gasteiger partial charge on any atom is -0.361 e. The Morgan fingerprint density at radius 2 is 2.00 bits per heavy atom. The number of aromatic nitrogens is 3. The summed E-state index contributed by atoms with van der Waals surface area (Å²) in [6, 6.07) is 7.96. The second kappa shape index (κ2) is 6.80. The number of hydrogen-bond donors (Lipinski definition) is 3. The minimum atomic E-state index is -4.52. The fraction of sp³-hybridized carbons (Fsp3) is 0.188. The van der Waals surface area contributed by atoms with Crippen molar-refractivity contribution in [1.29, 1.82) is 0 Å². The molecule has 0 aliphatic rings. The molecule has 130 valence electrons. The Kier molecular flexibility index (Phi) is 4.55. The molecule has 0 atom stereocenters. The lowest BCUT2D eigenvalue weighted by molar-refractivity contribution is -0.141. The topological polar surface area (TPSA) is 82.7 Å². The van der Waals surface area contributed by atoms with Crippen LogP contribution in [0.4, 0.5) is 19.1 Å². The predicted octanol–water partition coefficient (Wildman–Crippen LogP) is 2.82. The molecule has 0 unspecified atom stereocenters. The van der Waals surface area contributed by atoms with E-state index in [1.54, 1.807) is 18.3 Å². The zero-order valence-electron chi connectivity index (χ0n) is 12.9. The van der Waals surface area contributed by atoms with Gasteiger partial charge >= 0.3 is 6.18 Å². The van der Waals surface area contributed by atoms with E-state index in [1.807, 2.05) is 12.1 Å². The number of H-pyrrole nitrogens is 1. The fourth-order valence-electron chi connectivity index (χ4n) is 2.24. The molecule has 0 aliphatic heterocycles. The lowest BCUT2D eigenvalue weighted by Gasteiger charge is -2.09. The Morgan fingerprint density at radius 1 is 1.16 bits per heavy atom. The molecule has 6 nitrogen and oxygen atoms in total. The maximum Gasteiger partial charge on any atom is 0.433 e. The van der Waals surface area contributed by atoms with E-state index in [0.717, 1.165) is 23.2 Å². The van der Waals surface area contributed by atoms with Crippen LogP contribution in [0.2, 0.25) is 0 Å². The van der Waals surface area contributed by atoms with Gasteiger partial charge in [-0.2, -0.15) is 13.2 Å². The van der Waals surface area contributed by atoms with E-state index in [9.17, 15) is 18.0 Å². The molecule has 1 amide bonds. The van der Waals surface area contributed by atoms with Crippen molar-refractivity contribution in [1.82, 2.24) is 20.3 Å². The minimum absolute atomic E-state index is 0.142. The molecular formula is C16H14F3N5O. The first-order valence-electron chi connectivity index (χ1n) is 7.43. The highest BCUT2D eigenvalue weighted by atomic mass is 19.4. The molecule has 25 heavy (non-hydrogen) atoms. The summed E-state index contributed by atoms with van der Waals surface area (Å²) in [5, 5.41) is 6.32. The Morgan fingerprint density at radius 3 is 2.80 bits per heavy atom. The number of amides is 1. The molecule has 0 bridgehead atoms. The second-order valence-electron chi connectivity index (χ2n) is 5.23. The molecule has 2 aromatic heterocycles. The van der Waals surface area contributed by atoms with Gasteiger partial charge < -0.3 is 15.6 Å². The van der Waals surface area contributed by atoms with E-state index in [1.165, 1.54) is 0 Å². The molecule has 3 aromatic rings. The summed E-state index contributed by atoms with van der Waals surface area (Å²) in [5.74, 6) is -0.417. The van der Waals surface area contributed by atoms with Crippen LogP contribution in [0, 0.1) is 0 Å². The van der Waals surface area contributed by atoms with Crippen molar-refractivity contribution >= 4 is 22.8 Å². The lowest BCUT2D eigenvalue weighted by atomic mass is 10.1. The Hall–Kier alpha value is -3.10. The number of rotatable bonds is 5. The van der Waals surface area contributed by atoms with Crippen molar-refractivity contribution in [3.63, 3.8) is 0 Å². The van der Waals surface area contributed by atoms with Gasteiger partial charge in [0.25, 0.3) is 5.91 Å². The van der Waals surface area contributed by atoms with Gasteiger partial charge in [0.15, 0.2) is 0 Å². The summed E-state index contributed by atoms with van der Waals surface area (Å²) in [7, 11) is 0. The van der Waals surface area contributed by atoms with Crippen molar-refractivity contribution in [2.24, 2.45) is 0 Å². The van der Waals surface area contributed by atoms with Crippen molar-refractivity contribution in [3.05, 3.63) is 54.0 Å². The van der Waals surface area contributed by atoms with Crippen LogP contribution in [-0.2, 0) is 6.18 Å². The average molecular weight is 349 g/mol. The number of carbonyl (C=O) groups is 1. The van der Waals surface area contributed by atoms with E-state index in [4.69, 9.17) is 0 Å². The first kappa shape index (κ1) is 16.7. The number of aromatic amines is 1. The number of anilines is 1. The summed E-state index contributed by atoms with van der Waals surface area (Å²) in [4.78, 5) is 22.2. The van der Waals surface area contributed by atoms with E-state index < -0.39 is 11.9 Å². The Labute approximate surface area is 140 Å². The number of carbonyl (C=O) groups excluding carboxylic acids is 1. The predicted molar refractivity (Wildman–Crippen MR) is 86.2 cm³/mol. The number of alkyl halides is 3. The highest BCUT2D eigenvalue weighted by Crippen LogP contribution is 2.27. The molecular weight excluding hydrogens is 335 g/mol. The SMILES string of the molecule is O=C(NCCNc1nccc(C(F)(F)F)n1)c1ccc2cc[nH]c2c1. The number of fused-ring (bicyclic) bond motifs is 1. The van der Waals surface area contributed by atoms with Crippen LogP contribution in [0.5, 0.6) is 0 Å². The van der Waals surface area contributed by atoms with Gasteiger partial charge in [0, 0.05) is 36.6 Å². The summed E-state index contributed by atoms with van der Waals surface area (Å²) >= 11 is 0. The third-order valence-corrected chi connectivity index (χ3v) is 3.46. The first-order chi connectivity index (χ1) is 11.9. The fourth-order valence-corrected chi connectivity index (χ4v) is 2.24. The smallest absolute Gasteiger partial charge is 0.361 e. The van der Waals surface area contributed by atoms with Crippen LogP contribution >= 0.6 is 0 Å². The molecule has 2 heterocycles. The zero-order valence-corrected chi connectivity index (χ0v) is 12.9. The van der Waals surface area contributed by atoms with Crippen LogP contribution in [0.1, 0.15) is 16.1 Å². The molecule has 0 saturated carbocycles. The lowest BCUT2D eigenvalue weighted by Crippen LogP contribution is -2.29. The zero-order chi connectivity index (χ0) is 17.9. The first-order valence-corrected chi connectivity index (χ1v) is 7.43. The maximum atomic E-state index is 12.6. The molecule has 0 aliphatic carbocycles. The number of hydrogen-bond acceptors (Lipinski definition) is 4. The van der Waals surface area contributed by atoms with Crippen molar-refractivity contribution in [2.45, 2.75) is 6.18 Å². The van der Waals surface area contributed by atoms with Gasteiger partial charge in [-0.05, 0) is 29.7 Å². The average Bonchev–Trinajstić information content (AvgIpc) is 3.05. The van der Waals surface area contributed by atoms with Gasteiger partial charge in [-0.1, -0.05) is 6.07 Å². The molecule has 0 fully saturated rings. The van der Waals surface area contributed by atoms with Gasteiger partial charge in [-0.15, -0.1) is 0 Å². The Balaban J connectivity index is 1.52. The van der Waals surface area contributed by atoms with Crippen molar-refractivity contribution < 1.29 is 18.0 Å². The van der Waals surface area contributed by atoms with Gasteiger partial charge in [0.2, 0.25) is 5.95 Å². The summed E-state index contributed by atoms with van der Waals surface area (Å²) in [6.45, 7) is 0.402. The third kappa shape index (κ3) is 4.06. The highest BCUT2D eigenvalue weighted by Gasteiger charge is 2.32. The number of nitrogens with zero attached hydrogens (tertiary/aromatic N) is 2. The summed E-state index contributed by atoms with van der Waals surface area (Å²) in [5.41, 5.74) is 0.321. The van der Waals surface area contributed by atoms with Crippen LogP contribution in [-0.4, -0.2) is 33.9 Å². The molecule has 0 spiro atoms. The van der Waals surface area contributed by atoms with Crippen LogP contribution in [0.3, 0.4) is 0 Å². The molecule has 3 N–H and O–H groups in total. The molecule has 9 heteroatoms. The summed E-state index contributed by atoms with van der Waals surface area (Å²) < 4.78 is 37.7. The van der Waals surface area contributed by atoms with Gasteiger partial charge in [0.1, 0.15) is 5.69 Å². The summed E-state index contributed by atoms with van der Waals surface area (Å²) in [6.07, 6.45) is -1.71. The standard InChI is InChI=1S/C16H14F3N5O/c17-16(18,19)13-4-6-22-15(24-13)23-8-7-21-14(25)11-2-1-10-3-5-20-12(10)9-11/h1-6,9,20H,7-8H2,(H,21,25)(H,22,23,24). The number of nitrogens with one attached hydrogen (secondary N) is 3. The van der Waals surface area contributed by atoms with Crippen LogP contribution in [0.15, 0.2) is 42.7 Å². The van der Waals surface area contributed by atoms with Gasteiger partial charge in [-0.25, -0.2) is 9.97 Å². The molecule has 0 saturated heterocycles. The van der Waals surface area contributed by atoms with E-state index >= 15 is 0 Å². The number of benzene rings is 1. The maximum absolute atomic E-state index is 12.6. The van der Waals surface area contributed by atoms with Crippen molar-refractivity contribution in [3.8, 4) is 0 Å². The second-order valence-corrected chi connectivity index (χ2v) is 5.23. The van der Waals surface area contributed by atoms with E-state index in [0.29, 0.717) is 5.56 Å². The van der Waals surface area contributed by atoms with Gasteiger partial charge in [0.05, 0.1) is 0 Å². The normalized spacial score (nSPS) is 11.5. The molecule has 1 aromatic carbocycles. The van der Waals surface area contributed by atoms with E-state index in [-0.39, 0.29) is 24.9 Å². The van der Waals surface area contributed by atoms with Crippen LogP contribution < -0.4 is 10.6 Å². The van der Waals surface area contributed by atoms with Gasteiger partial charge in [-0.3, -0.25) is 4.79 Å². The molecule has 3 rings (SSSR count). The molecule has 0 radical (unpaired) electrons. The quantitative estimate of drug-likeness (QED) is 0.619. The third-order valence-electron chi connectivity index (χ3n) is 3.46. The van der Waals surface area contributed by atoms with Crippen molar-refractivity contribution in [2.75, 3.05) is 18.4 Å². The van der Waals surface area contributed by atoms with E-state index in [2.05, 4.69) is 25.6 Å². The largest absolute Gasteiger partial charge is 0.433 e. The number of halogens is 3.